The smallest absolute Gasteiger partial charge is 0.341 e. The molecule has 0 aromatic heterocycles. The van der Waals surface area contributed by atoms with E-state index >= 15 is 0 Å². The standard InChI is InChI=1S/C18H17Cl4NO3/c1-23(2)8-9-25-17-14(20)12(13(19)15(21)16(17)22)18(24)26-10-11-6-4-3-5-7-11/h3-7H,8-10H2,1-2H3. The Labute approximate surface area is 172 Å². The van der Waals surface area contributed by atoms with Gasteiger partial charge >= 0.3 is 5.97 Å². The van der Waals surface area contributed by atoms with Crippen LogP contribution in [0.2, 0.25) is 20.1 Å². The van der Waals surface area contributed by atoms with Crippen molar-refractivity contribution in [3.05, 3.63) is 61.5 Å². The van der Waals surface area contributed by atoms with Crippen molar-refractivity contribution in [1.29, 1.82) is 0 Å². The lowest BCUT2D eigenvalue weighted by atomic mass is 10.2. The largest absolute Gasteiger partial charge is 0.489 e. The minimum atomic E-state index is -0.708. The van der Waals surface area contributed by atoms with Crippen molar-refractivity contribution in [2.75, 3.05) is 27.2 Å². The van der Waals surface area contributed by atoms with Crippen LogP contribution < -0.4 is 4.74 Å². The van der Waals surface area contributed by atoms with Crippen LogP contribution in [0.3, 0.4) is 0 Å². The fraction of sp³-hybridized carbons (Fsp3) is 0.278. The summed E-state index contributed by atoms with van der Waals surface area (Å²) < 4.78 is 10.9. The van der Waals surface area contributed by atoms with Gasteiger partial charge in [-0.3, -0.25) is 0 Å². The molecule has 26 heavy (non-hydrogen) atoms. The number of esters is 1. The SMILES string of the molecule is CN(C)CCOc1c(Cl)c(Cl)c(Cl)c(C(=O)OCc2ccccc2)c1Cl. The molecule has 2 aromatic rings. The highest BCUT2D eigenvalue weighted by Gasteiger charge is 2.27. The molecule has 0 aliphatic heterocycles. The van der Waals surface area contributed by atoms with E-state index in [2.05, 4.69) is 0 Å². The summed E-state index contributed by atoms with van der Waals surface area (Å²) in [5, 5.41) is -0.0508. The zero-order valence-corrected chi connectivity index (χ0v) is 17.2. The van der Waals surface area contributed by atoms with Crippen molar-refractivity contribution in [1.82, 2.24) is 4.90 Å². The highest BCUT2D eigenvalue weighted by molar-refractivity contribution is 6.52. The summed E-state index contributed by atoms with van der Waals surface area (Å²) in [5.74, 6) is -0.601. The van der Waals surface area contributed by atoms with E-state index in [1.54, 1.807) is 0 Å². The fourth-order valence-corrected chi connectivity index (χ4v) is 3.20. The topological polar surface area (TPSA) is 38.8 Å². The van der Waals surface area contributed by atoms with Crippen LogP contribution in [0.1, 0.15) is 15.9 Å². The quantitative estimate of drug-likeness (QED) is 0.321. The second-order valence-corrected chi connectivity index (χ2v) is 7.19. The molecule has 2 aromatic carbocycles. The lowest BCUT2D eigenvalue weighted by Crippen LogP contribution is -2.20. The Kier molecular flexibility index (Phi) is 7.86. The normalized spacial score (nSPS) is 10.9. The van der Waals surface area contributed by atoms with Crippen LogP contribution >= 0.6 is 46.4 Å². The first-order valence-corrected chi connectivity index (χ1v) is 9.18. The molecule has 8 heteroatoms. The Morgan fingerprint density at radius 3 is 2.23 bits per heavy atom. The summed E-state index contributed by atoms with van der Waals surface area (Å²) in [6.07, 6.45) is 0. The van der Waals surface area contributed by atoms with Gasteiger partial charge in [-0.1, -0.05) is 76.7 Å². The number of benzene rings is 2. The average molecular weight is 437 g/mol. The molecule has 0 radical (unpaired) electrons. The molecule has 0 bridgehead atoms. The van der Waals surface area contributed by atoms with Crippen LogP contribution in [0.5, 0.6) is 5.75 Å². The number of carbonyl (C=O) groups excluding carboxylic acids is 1. The number of nitrogens with zero attached hydrogens (tertiary/aromatic N) is 1. The molecule has 0 aliphatic rings. The number of likely N-dealkylation sites (N-methyl/N-ethyl adjacent to an activating group) is 1. The summed E-state index contributed by atoms with van der Waals surface area (Å²) in [7, 11) is 3.79. The number of halogens is 4. The summed E-state index contributed by atoms with van der Waals surface area (Å²) in [6, 6.07) is 9.23. The van der Waals surface area contributed by atoms with Crippen molar-refractivity contribution in [3.8, 4) is 5.75 Å². The number of hydrogen-bond acceptors (Lipinski definition) is 4. The van der Waals surface area contributed by atoms with E-state index in [4.69, 9.17) is 55.9 Å². The van der Waals surface area contributed by atoms with Crippen molar-refractivity contribution in [2.24, 2.45) is 0 Å². The van der Waals surface area contributed by atoms with Crippen LogP contribution in [0, 0.1) is 0 Å². The fourth-order valence-electron chi connectivity index (χ4n) is 2.04. The monoisotopic (exact) mass is 435 g/mol. The Hall–Kier alpha value is -1.17. The number of hydrogen-bond donors (Lipinski definition) is 0. The maximum atomic E-state index is 12.5. The molecular formula is C18H17Cl4NO3. The van der Waals surface area contributed by atoms with E-state index in [0.717, 1.165) is 5.56 Å². The molecule has 0 unspecified atom stereocenters. The number of rotatable bonds is 7. The second-order valence-electron chi connectivity index (χ2n) is 5.67. The molecular weight excluding hydrogens is 420 g/mol. The van der Waals surface area contributed by atoms with Gasteiger partial charge in [0.15, 0.2) is 5.75 Å². The molecule has 0 fully saturated rings. The van der Waals surface area contributed by atoms with Gasteiger partial charge in [-0.2, -0.15) is 0 Å². The van der Waals surface area contributed by atoms with Crippen molar-refractivity contribution in [2.45, 2.75) is 6.61 Å². The van der Waals surface area contributed by atoms with E-state index < -0.39 is 5.97 Å². The van der Waals surface area contributed by atoms with Crippen molar-refractivity contribution >= 4 is 52.4 Å². The third-order valence-electron chi connectivity index (χ3n) is 3.42. The van der Waals surface area contributed by atoms with Crippen molar-refractivity contribution in [3.63, 3.8) is 0 Å². The summed E-state index contributed by atoms with van der Waals surface area (Å²) in [6.45, 7) is 1.01. The Morgan fingerprint density at radius 1 is 0.962 bits per heavy atom. The first-order valence-electron chi connectivity index (χ1n) is 7.67. The van der Waals surface area contributed by atoms with Gasteiger partial charge in [-0.25, -0.2) is 4.79 Å². The van der Waals surface area contributed by atoms with E-state index in [9.17, 15) is 4.79 Å². The molecule has 0 aliphatic carbocycles. The van der Waals surface area contributed by atoms with E-state index in [1.807, 2.05) is 49.3 Å². The second kappa shape index (κ2) is 9.67. The molecule has 0 N–H and O–H groups in total. The average Bonchev–Trinajstić information content (AvgIpc) is 2.62. The van der Waals surface area contributed by atoms with Crippen LogP contribution in [0.25, 0.3) is 0 Å². The first kappa shape index (κ1) is 21.1. The maximum Gasteiger partial charge on any atom is 0.341 e. The molecule has 0 heterocycles. The molecule has 0 spiro atoms. The Bertz CT molecular complexity index is 782. The molecule has 0 saturated heterocycles. The first-order chi connectivity index (χ1) is 12.3. The van der Waals surface area contributed by atoms with E-state index in [-0.39, 0.29) is 38.0 Å². The summed E-state index contributed by atoms with van der Waals surface area (Å²) in [5.41, 5.74) is 0.758. The van der Waals surface area contributed by atoms with Gasteiger partial charge in [0.1, 0.15) is 28.8 Å². The number of ether oxygens (including phenoxy) is 2. The Balaban J connectivity index is 2.26. The summed E-state index contributed by atoms with van der Waals surface area (Å²) >= 11 is 24.8. The van der Waals surface area contributed by atoms with Crippen LogP contribution in [-0.4, -0.2) is 38.1 Å². The molecule has 0 atom stereocenters. The molecule has 2 rings (SSSR count). The maximum absolute atomic E-state index is 12.5. The van der Waals surface area contributed by atoms with Gasteiger partial charge in [0.25, 0.3) is 0 Å². The summed E-state index contributed by atoms with van der Waals surface area (Å²) in [4.78, 5) is 14.4. The highest BCUT2D eigenvalue weighted by Crippen LogP contribution is 2.46. The van der Waals surface area contributed by atoms with Gasteiger partial charge in [0, 0.05) is 6.54 Å². The van der Waals surface area contributed by atoms with Gasteiger partial charge < -0.3 is 14.4 Å². The van der Waals surface area contributed by atoms with Crippen LogP contribution in [-0.2, 0) is 11.3 Å². The zero-order chi connectivity index (χ0) is 19.3. The van der Waals surface area contributed by atoms with Gasteiger partial charge in [0.05, 0.1) is 10.0 Å². The predicted octanol–water partition coefficient (Wildman–Crippen LogP) is 5.60. The van der Waals surface area contributed by atoms with Gasteiger partial charge in [-0.05, 0) is 19.7 Å². The lowest BCUT2D eigenvalue weighted by molar-refractivity contribution is 0.0472. The van der Waals surface area contributed by atoms with Crippen LogP contribution in [0.15, 0.2) is 30.3 Å². The molecule has 0 saturated carbocycles. The van der Waals surface area contributed by atoms with Gasteiger partial charge in [0.2, 0.25) is 0 Å². The van der Waals surface area contributed by atoms with E-state index in [0.29, 0.717) is 13.2 Å². The third kappa shape index (κ3) is 5.18. The van der Waals surface area contributed by atoms with Gasteiger partial charge in [-0.15, -0.1) is 0 Å². The highest BCUT2D eigenvalue weighted by atomic mass is 35.5. The zero-order valence-electron chi connectivity index (χ0n) is 14.2. The van der Waals surface area contributed by atoms with E-state index in [1.165, 1.54) is 0 Å². The minimum Gasteiger partial charge on any atom is -0.489 e. The number of carbonyl (C=O) groups is 1. The minimum absolute atomic E-state index is 0.00996. The van der Waals surface area contributed by atoms with Crippen LogP contribution in [0.4, 0.5) is 0 Å². The Morgan fingerprint density at radius 2 is 1.62 bits per heavy atom. The predicted molar refractivity (Wildman–Crippen MR) is 106 cm³/mol. The lowest BCUT2D eigenvalue weighted by Gasteiger charge is -2.17. The molecule has 4 nitrogen and oxygen atoms in total. The molecule has 0 amide bonds. The third-order valence-corrected chi connectivity index (χ3v) is 5.10. The van der Waals surface area contributed by atoms with Crippen molar-refractivity contribution < 1.29 is 14.3 Å². The molecule has 140 valence electrons.